The van der Waals surface area contributed by atoms with Crippen LogP contribution in [0.15, 0.2) is 18.2 Å². The number of benzene rings is 1. The highest BCUT2D eigenvalue weighted by Gasteiger charge is 2.26. The fraction of sp³-hybridized carbons (Fsp3) is 0.647. The average molecular weight is 258 g/mol. The molecule has 1 aliphatic carbocycles. The highest BCUT2D eigenvalue weighted by molar-refractivity contribution is 5.37. The molecule has 1 aliphatic heterocycles. The summed E-state index contributed by atoms with van der Waals surface area (Å²) in [5.41, 5.74) is 4.52. The van der Waals surface area contributed by atoms with Crippen LogP contribution >= 0.6 is 0 Å². The maximum absolute atomic E-state index is 3.92. The van der Waals surface area contributed by atoms with Crippen molar-refractivity contribution in [1.29, 1.82) is 0 Å². The lowest BCUT2D eigenvalue weighted by Gasteiger charge is -2.34. The monoisotopic (exact) mass is 258 g/mol. The Morgan fingerprint density at radius 1 is 1.32 bits per heavy atom. The third-order valence-electron chi connectivity index (χ3n) is 4.77. The Balaban J connectivity index is 1.67. The number of likely N-dealkylation sites (tertiary alicyclic amines) is 1. The van der Waals surface area contributed by atoms with Gasteiger partial charge in [-0.25, -0.2) is 0 Å². The molecule has 0 saturated carbocycles. The molecule has 19 heavy (non-hydrogen) atoms. The van der Waals surface area contributed by atoms with Crippen molar-refractivity contribution >= 4 is 0 Å². The van der Waals surface area contributed by atoms with Gasteiger partial charge in [-0.15, -0.1) is 0 Å². The van der Waals surface area contributed by atoms with E-state index in [0.29, 0.717) is 12.1 Å². The molecule has 0 radical (unpaired) electrons. The number of hydrogen-bond acceptors (Lipinski definition) is 2. The Morgan fingerprint density at radius 2 is 2.21 bits per heavy atom. The fourth-order valence-corrected chi connectivity index (χ4v) is 3.66. The first-order chi connectivity index (χ1) is 9.26. The Kier molecular flexibility index (Phi) is 3.90. The van der Waals surface area contributed by atoms with E-state index in [2.05, 4.69) is 42.3 Å². The van der Waals surface area contributed by atoms with Crippen LogP contribution in [0.1, 0.15) is 48.9 Å². The van der Waals surface area contributed by atoms with Crippen LogP contribution in [0.5, 0.6) is 0 Å². The zero-order valence-corrected chi connectivity index (χ0v) is 12.3. The topological polar surface area (TPSA) is 15.3 Å². The molecule has 2 heteroatoms. The normalized spacial score (nSPS) is 27.5. The summed E-state index contributed by atoms with van der Waals surface area (Å²) in [7, 11) is 0. The van der Waals surface area contributed by atoms with E-state index in [1.54, 1.807) is 11.1 Å². The quantitative estimate of drug-likeness (QED) is 0.896. The summed E-state index contributed by atoms with van der Waals surface area (Å²) < 4.78 is 0. The molecule has 1 N–H and O–H groups in total. The van der Waals surface area contributed by atoms with Gasteiger partial charge in [0, 0.05) is 18.6 Å². The number of fused-ring (bicyclic) bond motifs is 1. The van der Waals surface area contributed by atoms with E-state index >= 15 is 0 Å². The van der Waals surface area contributed by atoms with Crippen LogP contribution in [-0.2, 0) is 6.42 Å². The van der Waals surface area contributed by atoms with E-state index in [-0.39, 0.29) is 0 Å². The van der Waals surface area contributed by atoms with Crippen LogP contribution in [0.25, 0.3) is 0 Å². The maximum Gasteiger partial charge on any atom is 0.0329 e. The van der Waals surface area contributed by atoms with Crippen LogP contribution < -0.4 is 5.32 Å². The largest absolute Gasteiger partial charge is 0.306 e. The Morgan fingerprint density at radius 3 is 3.05 bits per heavy atom. The number of rotatable bonds is 3. The predicted molar refractivity (Wildman–Crippen MR) is 80.5 cm³/mol. The second-order valence-electron chi connectivity index (χ2n) is 6.19. The van der Waals surface area contributed by atoms with Crippen LogP contribution in [0.2, 0.25) is 0 Å². The molecule has 1 heterocycles. The van der Waals surface area contributed by atoms with Crippen molar-refractivity contribution in [2.24, 2.45) is 0 Å². The summed E-state index contributed by atoms with van der Waals surface area (Å²) in [4.78, 5) is 2.58. The number of piperidine rings is 1. The maximum atomic E-state index is 3.92. The Labute approximate surface area is 117 Å². The molecule has 2 atom stereocenters. The molecule has 1 aromatic carbocycles. The van der Waals surface area contributed by atoms with E-state index in [9.17, 15) is 0 Å². The van der Waals surface area contributed by atoms with E-state index in [0.717, 1.165) is 0 Å². The standard InChI is InChI=1S/C17H26N2/c1-3-19-10-4-5-15(12-19)18-17-9-8-14-7-6-13(2)11-16(14)17/h6-7,11,15,17-18H,3-5,8-10,12H2,1-2H3. The smallest absolute Gasteiger partial charge is 0.0329 e. The van der Waals surface area contributed by atoms with E-state index < -0.39 is 0 Å². The van der Waals surface area contributed by atoms with Crippen molar-refractivity contribution in [3.05, 3.63) is 34.9 Å². The van der Waals surface area contributed by atoms with E-state index in [1.807, 2.05) is 0 Å². The summed E-state index contributed by atoms with van der Waals surface area (Å²) >= 11 is 0. The van der Waals surface area contributed by atoms with Crippen LogP contribution in [0, 0.1) is 6.92 Å². The number of nitrogens with zero attached hydrogens (tertiary/aromatic N) is 1. The predicted octanol–water partition coefficient (Wildman–Crippen LogP) is 3.06. The SMILES string of the molecule is CCN1CCCC(NC2CCc3ccc(C)cc32)C1. The molecule has 0 aromatic heterocycles. The third-order valence-corrected chi connectivity index (χ3v) is 4.77. The van der Waals surface area contributed by atoms with Gasteiger partial charge in [-0.1, -0.05) is 30.7 Å². The van der Waals surface area contributed by atoms with Crippen molar-refractivity contribution in [3.63, 3.8) is 0 Å². The number of likely N-dealkylation sites (N-methyl/N-ethyl adjacent to an activating group) is 1. The highest BCUT2D eigenvalue weighted by Crippen LogP contribution is 2.32. The lowest BCUT2D eigenvalue weighted by molar-refractivity contribution is 0.190. The van der Waals surface area contributed by atoms with Crippen molar-refractivity contribution < 1.29 is 0 Å². The second-order valence-corrected chi connectivity index (χ2v) is 6.19. The fourth-order valence-electron chi connectivity index (χ4n) is 3.66. The molecule has 1 saturated heterocycles. The molecule has 0 spiro atoms. The lowest BCUT2D eigenvalue weighted by Crippen LogP contribution is -2.46. The van der Waals surface area contributed by atoms with Crippen LogP contribution in [0.4, 0.5) is 0 Å². The molecular formula is C17H26N2. The summed E-state index contributed by atoms with van der Waals surface area (Å²) in [6.07, 6.45) is 5.21. The first-order valence-electron chi connectivity index (χ1n) is 7.84. The van der Waals surface area contributed by atoms with Gasteiger partial charge in [0.2, 0.25) is 0 Å². The third kappa shape index (κ3) is 2.85. The van der Waals surface area contributed by atoms with Crippen molar-refractivity contribution in [2.75, 3.05) is 19.6 Å². The van der Waals surface area contributed by atoms with Gasteiger partial charge < -0.3 is 10.2 Å². The van der Waals surface area contributed by atoms with Gasteiger partial charge in [0.25, 0.3) is 0 Å². The zero-order valence-electron chi connectivity index (χ0n) is 12.3. The minimum Gasteiger partial charge on any atom is -0.306 e. The minimum atomic E-state index is 0.594. The summed E-state index contributed by atoms with van der Waals surface area (Å²) in [5.74, 6) is 0. The zero-order chi connectivity index (χ0) is 13.2. The van der Waals surface area contributed by atoms with E-state index in [1.165, 1.54) is 50.9 Å². The highest BCUT2D eigenvalue weighted by atomic mass is 15.2. The Bertz CT molecular complexity index is 441. The molecule has 2 nitrogen and oxygen atoms in total. The first kappa shape index (κ1) is 13.1. The molecule has 0 bridgehead atoms. The van der Waals surface area contributed by atoms with Gasteiger partial charge in [-0.05, 0) is 56.8 Å². The van der Waals surface area contributed by atoms with Gasteiger partial charge in [-0.3, -0.25) is 0 Å². The summed E-state index contributed by atoms with van der Waals surface area (Å²) in [6, 6.07) is 8.24. The molecule has 104 valence electrons. The average Bonchev–Trinajstić information content (AvgIpc) is 2.81. The second kappa shape index (κ2) is 5.64. The first-order valence-corrected chi connectivity index (χ1v) is 7.84. The van der Waals surface area contributed by atoms with Gasteiger partial charge in [0.15, 0.2) is 0 Å². The van der Waals surface area contributed by atoms with Gasteiger partial charge in [0.1, 0.15) is 0 Å². The van der Waals surface area contributed by atoms with Crippen molar-refractivity contribution in [2.45, 2.75) is 51.6 Å². The van der Waals surface area contributed by atoms with Gasteiger partial charge >= 0.3 is 0 Å². The molecule has 1 fully saturated rings. The number of hydrogen-bond donors (Lipinski definition) is 1. The molecule has 0 amide bonds. The molecule has 1 aromatic rings. The van der Waals surface area contributed by atoms with Crippen molar-refractivity contribution in [1.82, 2.24) is 10.2 Å². The van der Waals surface area contributed by atoms with Gasteiger partial charge in [0.05, 0.1) is 0 Å². The molecule has 2 unspecified atom stereocenters. The minimum absolute atomic E-state index is 0.594. The Hall–Kier alpha value is -0.860. The molecular weight excluding hydrogens is 232 g/mol. The number of nitrogens with one attached hydrogen (secondary N) is 1. The van der Waals surface area contributed by atoms with Crippen LogP contribution in [-0.4, -0.2) is 30.6 Å². The van der Waals surface area contributed by atoms with Gasteiger partial charge in [-0.2, -0.15) is 0 Å². The summed E-state index contributed by atoms with van der Waals surface area (Å²) in [6.45, 7) is 8.19. The number of aryl methyl sites for hydroxylation is 2. The lowest BCUT2D eigenvalue weighted by atomic mass is 10.0. The van der Waals surface area contributed by atoms with Crippen molar-refractivity contribution in [3.8, 4) is 0 Å². The molecule has 2 aliphatic rings. The van der Waals surface area contributed by atoms with E-state index in [4.69, 9.17) is 0 Å². The summed E-state index contributed by atoms with van der Waals surface area (Å²) in [5, 5.41) is 3.92. The van der Waals surface area contributed by atoms with Crippen LogP contribution in [0.3, 0.4) is 0 Å². The molecule has 3 rings (SSSR count).